The first-order valence-electron chi connectivity index (χ1n) is 16.0. The molecule has 0 aliphatic rings. The van der Waals surface area contributed by atoms with Crippen LogP contribution in [-0.2, 0) is 49.2 Å². The van der Waals surface area contributed by atoms with Gasteiger partial charge in [-0.15, -0.1) is 0 Å². The number of hydrogen-bond acceptors (Lipinski definition) is 13. The highest BCUT2D eigenvalue weighted by atomic mass is 16.6. The number of carboxylic acid groups (broad SMARTS) is 1. The van der Waals surface area contributed by atoms with E-state index in [9.17, 15) is 9.90 Å². The minimum Gasteiger partial charge on any atom is -0.487 e. The number of methoxy groups -OCH3 is 2. The molecule has 2 rings (SSSR count). The predicted molar refractivity (Wildman–Crippen MR) is 175 cm³/mol. The number of carboxylic acids is 1. The van der Waals surface area contributed by atoms with Gasteiger partial charge in [0.1, 0.15) is 19.8 Å². The fraction of sp³-hybridized carbons (Fsp3) is 0.618. The van der Waals surface area contributed by atoms with E-state index in [1.165, 1.54) is 12.1 Å². The van der Waals surface area contributed by atoms with Crippen LogP contribution in [-0.4, -0.2) is 144 Å². The molecule has 2 aromatic rings. The normalized spacial score (nSPS) is 11.1. The summed E-state index contributed by atoms with van der Waals surface area (Å²) in [6, 6.07) is 12.7. The largest absolute Gasteiger partial charge is 0.487 e. The highest BCUT2D eigenvalue weighted by molar-refractivity contribution is 5.89. The molecule has 0 aliphatic heterocycles. The Kier molecular flexibility index (Phi) is 24.8. The van der Waals surface area contributed by atoms with E-state index in [2.05, 4.69) is 0 Å². The van der Waals surface area contributed by atoms with Crippen LogP contribution in [0, 0.1) is 0 Å². The van der Waals surface area contributed by atoms with Crippen molar-refractivity contribution >= 4 is 5.97 Å². The van der Waals surface area contributed by atoms with Gasteiger partial charge < -0.3 is 61.9 Å². The van der Waals surface area contributed by atoms with E-state index in [4.69, 9.17) is 56.8 Å². The van der Waals surface area contributed by atoms with Gasteiger partial charge in [-0.3, -0.25) is 0 Å². The Morgan fingerprint density at radius 3 is 1.29 bits per heavy atom. The van der Waals surface area contributed by atoms with Gasteiger partial charge >= 0.3 is 5.97 Å². The molecule has 0 radical (unpaired) electrons. The topological polar surface area (TPSA) is 148 Å². The van der Waals surface area contributed by atoms with Crippen LogP contribution in [0.25, 0.3) is 0 Å². The number of carbonyl (C=O) groups is 1. The van der Waals surface area contributed by atoms with Crippen LogP contribution < -0.4 is 14.2 Å². The van der Waals surface area contributed by atoms with Gasteiger partial charge in [-0.2, -0.15) is 0 Å². The quantitative estimate of drug-likeness (QED) is 0.110. The fourth-order valence-corrected chi connectivity index (χ4v) is 3.81. The molecule has 48 heavy (non-hydrogen) atoms. The first-order chi connectivity index (χ1) is 23.7. The Morgan fingerprint density at radius 2 is 0.875 bits per heavy atom. The molecule has 272 valence electrons. The summed E-state index contributed by atoms with van der Waals surface area (Å²) in [4.78, 5) is 11.9. The maximum atomic E-state index is 11.9. The SMILES string of the molecule is COCCOCCOCCOc1cc(C(=O)O)cc(OCCOCCOCCOCc2ccccc2)c1OCCOCCOCCOC. The first-order valence-corrected chi connectivity index (χ1v) is 16.0. The lowest BCUT2D eigenvalue weighted by Gasteiger charge is -2.18. The van der Waals surface area contributed by atoms with Crippen molar-refractivity contribution in [2.24, 2.45) is 0 Å². The highest BCUT2D eigenvalue weighted by Gasteiger charge is 2.19. The maximum Gasteiger partial charge on any atom is 0.335 e. The van der Waals surface area contributed by atoms with Crippen molar-refractivity contribution in [2.45, 2.75) is 6.61 Å². The average molecular weight is 685 g/mol. The Labute approximate surface area is 283 Å². The Balaban J connectivity index is 1.81. The van der Waals surface area contributed by atoms with Crippen LogP contribution in [0.3, 0.4) is 0 Å². The van der Waals surface area contributed by atoms with Crippen LogP contribution in [0.1, 0.15) is 15.9 Å². The van der Waals surface area contributed by atoms with Gasteiger partial charge in [0.2, 0.25) is 5.75 Å². The molecule has 0 aromatic heterocycles. The first kappa shape index (κ1) is 41.1. The minimum atomic E-state index is -1.14. The molecule has 1 N–H and O–H groups in total. The molecule has 0 spiro atoms. The van der Waals surface area contributed by atoms with Crippen LogP contribution >= 0.6 is 0 Å². The third-order valence-corrected chi connectivity index (χ3v) is 6.18. The van der Waals surface area contributed by atoms with Gasteiger partial charge in [-0.25, -0.2) is 4.79 Å². The molecule has 0 bridgehead atoms. The fourth-order valence-electron chi connectivity index (χ4n) is 3.81. The smallest absolute Gasteiger partial charge is 0.335 e. The van der Waals surface area contributed by atoms with Crippen LogP contribution in [0.5, 0.6) is 17.2 Å². The lowest BCUT2D eigenvalue weighted by atomic mass is 10.2. The Morgan fingerprint density at radius 1 is 0.500 bits per heavy atom. The molecule has 0 unspecified atom stereocenters. The molecule has 0 heterocycles. The lowest BCUT2D eigenvalue weighted by Crippen LogP contribution is -2.16. The highest BCUT2D eigenvalue weighted by Crippen LogP contribution is 2.39. The second-order valence-electron chi connectivity index (χ2n) is 9.85. The molecular formula is C34H52O14. The maximum absolute atomic E-state index is 11.9. The Hall–Kier alpha value is -3.05. The number of aromatic carboxylic acids is 1. The van der Waals surface area contributed by atoms with Crippen molar-refractivity contribution in [3.8, 4) is 17.2 Å². The summed E-state index contributed by atoms with van der Waals surface area (Å²) in [6.07, 6.45) is 0. The van der Waals surface area contributed by atoms with Crippen molar-refractivity contribution in [3.05, 3.63) is 53.6 Å². The third-order valence-electron chi connectivity index (χ3n) is 6.18. The predicted octanol–water partition coefficient (Wildman–Crippen LogP) is 3.13. The number of ether oxygens (including phenoxy) is 12. The van der Waals surface area contributed by atoms with Crippen molar-refractivity contribution in [3.63, 3.8) is 0 Å². The van der Waals surface area contributed by atoms with Crippen molar-refractivity contribution < 1.29 is 66.7 Å². The molecule has 0 amide bonds. The van der Waals surface area contributed by atoms with Crippen LogP contribution in [0.15, 0.2) is 42.5 Å². The van der Waals surface area contributed by atoms with E-state index in [1.54, 1.807) is 14.2 Å². The van der Waals surface area contributed by atoms with Gasteiger partial charge in [0.15, 0.2) is 11.5 Å². The zero-order chi connectivity index (χ0) is 34.3. The molecule has 0 atom stereocenters. The third kappa shape index (κ3) is 20.3. The number of hydrogen-bond donors (Lipinski definition) is 1. The second-order valence-corrected chi connectivity index (χ2v) is 9.85. The zero-order valence-electron chi connectivity index (χ0n) is 28.2. The molecule has 14 nitrogen and oxygen atoms in total. The van der Waals surface area contributed by atoms with E-state index in [0.717, 1.165) is 5.56 Å². The summed E-state index contributed by atoms with van der Waals surface area (Å²) in [5.41, 5.74) is 1.09. The minimum absolute atomic E-state index is 0.0203. The molecule has 0 fully saturated rings. The van der Waals surface area contributed by atoms with Gasteiger partial charge in [-0.1, -0.05) is 30.3 Å². The zero-order valence-corrected chi connectivity index (χ0v) is 28.2. The standard InChI is InChI=1S/C34H52O14/c1-37-8-10-39-12-15-42-20-23-46-31-26-30(34(35)36)27-32(33(31)48-25-22-44-16-13-40-11-9-38-2)47-24-21-43-17-14-41-18-19-45-28-29-6-4-3-5-7-29/h3-7,26-27H,8-25,28H2,1-2H3,(H,35,36). The summed E-state index contributed by atoms with van der Waals surface area (Å²) in [5, 5.41) is 9.72. The number of rotatable bonds is 33. The summed E-state index contributed by atoms with van der Waals surface area (Å²) in [6.45, 7) is 7.02. The van der Waals surface area contributed by atoms with Crippen molar-refractivity contribution in [1.82, 2.24) is 0 Å². The van der Waals surface area contributed by atoms with E-state index in [1.807, 2.05) is 30.3 Å². The van der Waals surface area contributed by atoms with E-state index in [-0.39, 0.29) is 62.5 Å². The van der Waals surface area contributed by atoms with Gasteiger partial charge in [-0.05, 0) is 17.7 Å². The van der Waals surface area contributed by atoms with E-state index >= 15 is 0 Å². The van der Waals surface area contributed by atoms with Crippen LogP contribution in [0.4, 0.5) is 0 Å². The summed E-state index contributed by atoms with van der Waals surface area (Å²) in [7, 11) is 3.22. The Bertz CT molecular complexity index is 1060. The average Bonchev–Trinajstić information content (AvgIpc) is 3.10. The number of benzene rings is 2. The molecule has 0 saturated heterocycles. The van der Waals surface area contributed by atoms with Crippen molar-refractivity contribution in [2.75, 3.05) is 133 Å². The summed E-state index contributed by atoms with van der Waals surface area (Å²) in [5.74, 6) is -0.479. The molecular weight excluding hydrogens is 632 g/mol. The molecule has 14 heteroatoms. The van der Waals surface area contributed by atoms with Crippen molar-refractivity contribution in [1.29, 1.82) is 0 Å². The summed E-state index contributed by atoms with van der Waals surface area (Å²) < 4.78 is 66.3. The second kappa shape index (κ2) is 28.9. The van der Waals surface area contributed by atoms with E-state index < -0.39 is 5.97 Å². The molecule has 2 aromatic carbocycles. The van der Waals surface area contributed by atoms with Gasteiger partial charge in [0, 0.05) is 14.2 Å². The van der Waals surface area contributed by atoms with Gasteiger partial charge in [0.25, 0.3) is 0 Å². The monoisotopic (exact) mass is 684 g/mol. The van der Waals surface area contributed by atoms with E-state index in [0.29, 0.717) is 85.9 Å². The van der Waals surface area contributed by atoms with Crippen LogP contribution in [0.2, 0.25) is 0 Å². The molecule has 0 saturated carbocycles. The van der Waals surface area contributed by atoms with Gasteiger partial charge in [0.05, 0.1) is 111 Å². The summed E-state index contributed by atoms with van der Waals surface area (Å²) >= 11 is 0. The molecule has 0 aliphatic carbocycles. The lowest BCUT2D eigenvalue weighted by molar-refractivity contribution is 0.00556.